The molecule has 0 aromatic heterocycles. The summed E-state index contributed by atoms with van der Waals surface area (Å²) in [6.07, 6.45) is 0.922. The number of fused-ring (bicyclic) bond motifs is 1. The second-order valence-electron chi connectivity index (χ2n) is 10.0. The molecule has 2 aromatic rings. The minimum atomic E-state index is -1.17. The van der Waals surface area contributed by atoms with E-state index in [1.54, 1.807) is 54.6 Å². The van der Waals surface area contributed by atoms with Crippen molar-refractivity contribution in [2.24, 2.45) is 0 Å². The molecular weight excluding hydrogens is 552 g/mol. The Kier molecular flexibility index (Phi) is 10.4. The Morgan fingerprint density at radius 3 is 2.51 bits per heavy atom. The van der Waals surface area contributed by atoms with E-state index in [1.807, 2.05) is 0 Å². The van der Waals surface area contributed by atoms with Crippen molar-refractivity contribution in [1.82, 2.24) is 20.7 Å². The van der Waals surface area contributed by atoms with Crippen LogP contribution in [-0.4, -0.2) is 82.4 Å². The van der Waals surface area contributed by atoms with E-state index < -0.39 is 48.1 Å². The van der Waals surface area contributed by atoms with Crippen LogP contribution in [0.5, 0.6) is 0 Å². The van der Waals surface area contributed by atoms with Crippen LogP contribution in [0.1, 0.15) is 48.0 Å². The van der Waals surface area contributed by atoms with Gasteiger partial charge in [0.2, 0.25) is 5.91 Å². The van der Waals surface area contributed by atoms with Gasteiger partial charge in [0.25, 0.3) is 11.8 Å². The van der Waals surface area contributed by atoms with E-state index in [0.29, 0.717) is 35.5 Å². The molecule has 0 radical (unpaired) electrons. The number of halogens is 1. The Morgan fingerprint density at radius 1 is 1.05 bits per heavy atom. The lowest BCUT2D eigenvalue weighted by Gasteiger charge is -2.44. The lowest BCUT2D eigenvalue weighted by molar-refractivity contribution is -0.172. The second-order valence-corrected chi connectivity index (χ2v) is 10.4. The number of benzene rings is 2. The Hall–Kier alpha value is -3.80. The quantitative estimate of drug-likeness (QED) is 0.344. The van der Waals surface area contributed by atoms with Crippen LogP contribution < -0.4 is 10.6 Å². The molecular formula is C29H33ClN4O7. The first kappa shape index (κ1) is 30.2. The highest BCUT2D eigenvalue weighted by Gasteiger charge is 2.42. The topological polar surface area (TPSA) is 145 Å². The SMILES string of the molecule is O=C(O)CC(NC[C@@H]1CCCN2C(=O)CC[C@H](NC(=O)c3ccccc3)C(=O)N12)C(=O)COCc1ccccc1Cl. The highest BCUT2D eigenvalue weighted by atomic mass is 35.5. The molecule has 3 atom stereocenters. The Bertz CT molecular complexity index is 1270. The molecule has 0 aliphatic carbocycles. The van der Waals surface area contributed by atoms with Crippen LogP contribution in [0.2, 0.25) is 5.02 Å². The number of carboxylic acid groups (broad SMARTS) is 1. The molecule has 218 valence electrons. The van der Waals surface area contributed by atoms with Crippen LogP contribution in [0.15, 0.2) is 54.6 Å². The van der Waals surface area contributed by atoms with Crippen molar-refractivity contribution in [2.45, 2.75) is 56.8 Å². The van der Waals surface area contributed by atoms with Gasteiger partial charge in [0.1, 0.15) is 12.6 Å². The lowest BCUT2D eigenvalue weighted by atomic mass is 10.0. The number of Topliss-reactive ketones (excluding diaryl/α,β-unsaturated/α-hetero) is 1. The zero-order valence-electron chi connectivity index (χ0n) is 22.5. The second kappa shape index (κ2) is 14.2. The molecule has 2 aromatic carbocycles. The fourth-order valence-electron chi connectivity index (χ4n) is 5.01. The van der Waals surface area contributed by atoms with Crippen molar-refractivity contribution in [1.29, 1.82) is 0 Å². The van der Waals surface area contributed by atoms with Gasteiger partial charge in [0, 0.05) is 30.1 Å². The number of carboxylic acids is 1. The fourth-order valence-corrected chi connectivity index (χ4v) is 5.20. The standard InChI is InChI=1S/C29H33ClN4O7/c30-22-11-5-4-9-20(22)17-41-18-25(35)24(15-27(37)38)31-16-21-10-6-14-33-26(36)13-12-23(29(40)34(21)33)32-28(39)19-7-2-1-3-8-19/h1-5,7-9,11,21,23-24,31H,6,10,12-18H2,(H,32,39)(H,37,38)/t21-,23-,24?/m0/s1. The molecule has 3 N–H and O–H groups in total. The van der Waals surface area contributed by atoms with Gasteiger partial charge in [-0.15, -0.1) is 0 Å². The number of nitrogens with zero attached hydrogens (tertiary/aromatic N) is 2. The Morgan fingerprint density at radius 2 is 1.78 bits per heavy atom. The maximum absolute atomic E-state index is 13.7. The van der Waals surface area contributed by atoms with Gasteiger partial charge < -0.3 is 20.5 Å². The molecule has 12 heteroatoms. The summed E-state index contributed by atoms with van der Waals surface area (Å²) in [6, 6.07) is 13.0. The summed E-state index contributed by atoms with van der Waals surface area (Å²) in [7, 11) is 0. The summed E-state index contributed by atoms with van der Waals surface area (Å²) < 4.78 is 5.51. The van der Waals surface area contributed by atoms with E-state index in [1.165, 1.54) is 10.0 Å². The number of nitrogens with one attached hydrogen (secondary N) is 2. The summed E-state index contributed by atoms with van der Waals surface area (Å²) in [6.45, 7) is 0.182. The average Bonchev–Trinajstić information content (AvgIpc) is 3.08. The third-order valence-electron chi connectivity index (χ3n) is 7.14. The summed E-state index contributed by atoms with van der Waals surface area (Å²) >= 11 is 6.13. The zero-order valence-corrected chi connectivity index (χ0v) is 23.2. The molecule has 11 nitrogen and oxygen atoms in total. The minimum Gasteiger partial charge on any atom is -0.481 e. The van der Waals surface area contributed by atoms with Crippen LogP contribution in [0, 0.1) is 0 Å². The van der Waals surface area contributed by atoms with Crippen LogP contribution in [0.3, 0.4) is 0 Å². The smallest absolute Gasteiger partial charge is 0.305 e. The first-order valence-corrected chi connectivity index (χ1v) is 13.9. The normalized spacial score (nSPS) is 19.7. The van der Waals surface area contributed by atoms with Crippen molar-refractivity contribution in [3.05, 3.63) is 70.7 Å². The first-order chi connectivity index (χ1) is 19.7. The number of hydrogen-bond donors (Lipinski definition) is 3. The average molecular weight is 585 g/mol. The van der Waals surface area contributed by atoms with Gasteiger partial charge in [-0.05, 0) is 43.0 Å². The molecule has 3 amide bonds. The third kappa shape index (κ3) is 7.90. The third-order valence-corrected chi connectivity index (χ3v) is 7.51. The van der Waals surface area contributed by atoms with Gasteiger partial charge >= 0.3 is 5.97 Å². The molecule has 2 heterocycles. The van der Waals surface area contributed by atoms with Gasteiger partial charge in [0.05, 0.1) is 25.1 Å². The molecule has 0 saturated carbocycles. The fraction of sp³-hybridized carbons (Fsp3) is 0.414. The largest absolute Gasteiger partial charge is 0.481 e. The van der Waals surface area contributed by atoms with E-state index in [4.69, 9.17) is 16.3 Å². The van der Waals surface area contributed by atoms with Crippen molar-refractivity contribution in [2.75, 3.05) is 19.7 Å². The molecule has 2 aliphatic rings. The molecule has 2 fully saturated rings. The summed E-state index contributed by atoms with van der Waals surface area (Å²) in [5, 5.41) is 18.5. The minimum absolute atomic E-state index is 0.0725. The molecule has 0 bridgehead atoms. The summed E-state index contributed by atoms with van der Waals surface area (Å²) in [4.78, 5) is 63.8. The van der Waals surface area contributed by atoms with E-state index in [0.717, 1.165) is 0 Å². The molecule has 4 rings (SSSR count). The molecule has 41 heavy (non-hydrogen) atoms. The molecule has 0 spiro atoms. The highest BCUT2D eigenvalue weighted by Crippen LogP contribution is 2.25. The van der Waals surface area contributed by atoms with Crippen molar-refractivity contribution >= 4 is 41.1 Å². The monoisotopic (exact) mass is 584 g/mol. The van der Waals surface area contributed by atoms with Gasteiger partial charge in [0.15, 0.2) is 5.78 Å². The summed E-state index contributed by atoms with van der Waals surface area (Å²) in [5.41, 5.74) is 1.10. The van der Waals surface area contributed by atoms with Crippen molar-refractivity contribution in [3.8, 4) is 0 Å². The Labute approximate surface area is 242 Å². The number of ether oxygens (including phenoxy) is 1. The summed E-state index contributed by atoms with van der Waals surface area (Å²) in [5.74, 6) is -2.70. The van der Waals surface area contributed by atoms with Gasteiger partial charge in [-0.25, -0.2) is 5.01 Å². The van der Waals surface area contributed by atoms with Crippen LogP contribution in [-0.2, 0) is 30.5 Å². The van der Waals surface area contributed by atoms with Crippen molar-refractivity contribution < 1.29 is 33.8 Å². The maximum Gasteiger partial charge on any atom is 0.305 e. The van der Waals surface area contributed by atoms with Crippen molar-refractivity contribution in [3.63, 3.8) is 0 Å². The number of rotatable bonds is 12. The predicted octanol–water partition coefficient (Wildman–Crippen LogP) is 2.19. The van der Waals surface area contributed by atoms with E-state index >= 15 is 0 Å². The van der Waals surface area contributed by atoms with Crippen LogP contribution in [0.4, 0.5) is 0 Å². The van der Waals surface area contributed by atoms with Gasteiger partial charge in [-0.3, -0.25) is 29.0 Å². The Balaban J connectivity index is 1.41. The number of aliphatic carboxylic acids is 1. The number of carbonyl (C=O) groups excluding carboxylic acids is 4. The van der Waals surface area contributed by atoms with Crippen LogP contribution >= 0.6 is 11.6 Å². The zero-order chi connectivity index (χ0) is 29.4. The number of ketones is 1. The number of hydrogen-bond acceptors (Lipinski definition) is 7. The van der Waals surface area contributed by atoms with Gasteiger partial charge in [-0.1, -0.05) is 48.0 Å². The first-order valence-electron chi connectivity index (χ1n) is 13.5. The number of amides is 3. The molecule has 2 aliphatic heterocycles. The van der Waals surface area contributed by atoms with Crippen LogP contribution in [0.25, 0.3) is 0 Å². The molecule has 2 saturated heterocycles. The van der Waals surface area contributed by atoms with E-state index in [9.17, 15) is 29.1 Å². The number of hydrazine groups is 1. The van der Waals surface area contributed by atoms with Gasteiger partial charge in [-0.2, -0.15) is 0 Å². The molecule has 1 unspecified atom stereocenters. The maximum atomic E-state index is 13.7. The van der Waals surface area contributed by atoms with E-state index in [2.05, 4.69) is 10.6 Å². The lowest BCUT2D eigenvalue weighted by Crippen LogP contribution is -2.62. The highest BCUT2D eigenvalue weighted by molar-refractivity contribution is 6.31. The van der Waals surface area contributed by atoms with E-state index in [-0.39, 0.29) is 38.5 Å². The number of carbonyl (C=O) groups is 5. The predicted molar refractivity (Wildman–Crippen MR) is 149 cm³/mol.